The van der Waals surface area contributed by atoms with Gasteiger partial charge < -0.3 is 4.74 Å². The lowest BCUT2D eigenvalue weighted by molar-refractivity contribution is -0.151. The van der Waals surface area contributed by atoms with Gasteiger partial charge >= 0.3 is 5.97 Å². The maximum absolute atomic E-state index is 12.8. The van der Waals surface area contributed by atoms with Crippen LogP contribution in [0.15, 0.2) is 36.0 Å². The van der Waals surface area contributed by atoms with E-state index in [-0.39, 0.29) is 12.1 Å². The van der Waals surface area contributed by atoms with Gasteiger partial charge in [-0.3, -0.25) is 4.79 Å². The van der Waals surface area contributed by atoms with Crippen molar-refractivity contribution < 1.29 is 9.53 Å². The average Bonchev–Trinajstić information content (AvgIpc) is 3.40. The molecule has 0 bridgehead atoms. The summed E-state index contributed by atoms with van der Waals surface area (Å²) in [6.45, 7) is 14.9. The summed E-state index contributed by atoms with van der Waals surface area (Å²) in [5.41, 5.74) is 2.52. The van der Waals surface area contributed by atoms with Gasteiger partial charge in [0.15, 0.2) is 0 Å². The number of hydrogen-bond acceptors (Lipinski definition) is 2. The SMILES string of the molecule is CCCCCC=CCC=CCCCCCCCC(=O)OC1CC[C@@]2(C)C(=CCC3C4CCC(C(C)CCCC(C)C)[C@@]4(C)CCC32)C1. The van der Waals surface area contributed by atoms with Crippen LogP contribution in [0.1, 0.15) is 189 Å². The summed E-state index contributed by atoms with van der Waals surface area (Å²) in [7, 11) is 0. The van der Waals surface area contributed by atoms with Crippen LogP contribution in [0.2, 0.25) is 0 Å². The molecule has 2 nitrogen and oxygen atoms in total. The molecule has 0 amide bonds. The lowest BCUT2D eigenvalue weighted by atomic mass is 9.47. The fourth-order valence-corrected chi connectivity index (χ4v) is 11.1. The maximum Gasteiger partial charge on any atom is 0.306 e. The van der Waals surface area contributed by atoms with Gasteiger partial charge in [0.25, 0.3) is 0 Å². The summed E-state index contributed by atoms with van der Waals surface area (Å²) >= 11 is 0. The minimum Gasteiger partial charge on any atom is -0.462 e. The van der Waals surface area contributed by atoms with Crippen molar-refractivity contribution in [3.63, 3.8) is 0 Å². The van der Waals surface area contributed by atoms with Crippen molar-refractivity contribution in [3.05, 3.63) is 36.0 Å². The number of ether oxygens (including phenoxy) is 1. The highest BCUT2D eigenvalue weighted by Crippen LogP contribution is 2.67. The minimum atomic E-state index is 0.0477. The molecule has 2 heteroatoms. The Kier molecular flexibility index (Phi) is 15.7. The zero-order valence-electron chi connectivity index (χ0n) is 32.0. The topological polar surface area (TPSA) is 26.3 Å². The van der Waals surface area contributed by atoms with Gasteiger partial charge in [0.1, 0.15) is 6.10 Å². The highest BCUT2D eigenvalue weighted by atomic mass is 16.5. The van der Waals surface area contributed by atoms with Crippen LogP contribution >= 0.6 is 0 Å². The maximum atomic E-state index is 12.8. The van der Waals surface area contributed by atoms with Crippen molar-refractivity contribution in [3.8, 4) is 0 Å². The molecule has 0 saturated heterocycles. The second-order valence-corrected chi connectivity index (χ2v) is 17.6. The summed E-state index contributed by atoms with van der Waals surface area (Å²) in [6, 6.07) is 0. The van der Waals surface area contributed by atoms with E-state index < -0.39 is 0 Å². The smallest absolute Gasteiger partial charge is 0.306 e. The molecule has 8 atom stereocenters. The third kappa shape index (κ3) is 10.6. The molecule has 268 valence electrons. The van der Waals surface area contributed by atoms with E-state index in [1.165, 1.54) is 109 Å². The minimum absolute atomic E-state index is 0.0477. The van der Waals surface area contributed by atoms with Crippen LogP contribution in [-0.4, -0.2) is 12.1 Å². The summed E-state index contributed by atoms with van der Waals surface area (Å²) in [4.78, 5) is 12.8. The first kappa shape index (κ1) is 38.5. The first-order chi connectivity index (χ1) is 22.7. The molecule has 6 unspecified atom stereocenters. The predicted octanol–water partition coefficient (Wildman–Crippen LogP) is 13.8. The molecular weight excluding hydrogens is 572 g/mol. The van der Waals surface area contributed by atoms with E-state index in [4.69, 9.17) is 4.74 Å². The number of rotatable bonds is 20. The van der Waals surface area contributed by atoms with Gasteiger partial charge in [-0.05, 0) is 130 Å². The van der Waals surface area contributed by atoms with Crippen LogP contribution < -0.4 is 0 Å². The molecule has 0 aromatic rings. The Morgan fingerprint density at radius 2 is 1.55 bits per heavy atom. The second-order valence-electron chi connectivity index (χ2n) is 17.6. The van der Waals surface area contributed by atoms with Gasteiger partial charge in [-0.15, -0.1) is 0 Å². The lowest BCUT2D eigenvalue weighted by Crippen LogP contribution is -2.51. The molecule has 0 heterocycles. The van der Waals surface area contributed by atoms with Crippen molar-refractivity contribution in [2.45, 2.75) is 195 Å². The van der Waals surface area contributed by atoms with Gasteiger partial charge in [0, 0.05) is 12.8 Å². The van der Waals surface area contributed by atoms with E-state index in [0.29, 0.717) is 17.3 Å². The van der Waals surface area contributed by atoms with Gasteiger partial charge in [-0.25, -0.2) is 0 Å². The zero-order chi connectivity index (χ0) is 33.7. The van der Waals surface area contributed by atoms with E-state index in [9.17, 15) is 4.79 Å². The highest BCUT2D eigenvalue weighted by molar-refractivity contribution is 5.69. The van der Waals surface area contributed by atoms with Crippen molar-refractivity contribution in [2.75, 3.05) is 0 Å². The van der Waals surface area contributed by atoms with E-state index in [2.05, 4.69) is 71.9 Å². The Hall–Kier alpha value is -1.31. The molecule has 4 aliphatic rings. The van der Waals surface area contributed by atoms with Gasteiger partial charge in [-0.2, -0.15) is 0 Å². The van der Waals surface area contributed by atoms with E-state index in [1.54, 1.807) is 5.57 Å². The first-order valence-electron chi connectivity index (χ1n) is 20.9. The molecule has 0 aliphatic heterocycles. The van der Waals surface area contributed by atoms with Gasteiger partial charge in [0.2, 0.25) is 0 Å². The average molecular weight is 649 g/mol. The molecule has 47 heavy (non-hydrogen) atoms. The van der Waals surface area contributed by atoms with Crippen molar-refractivity contribution in [1.29, 1.82) is 0 Å². The number of carbonyl (C=O) groups is 1. The fourth-order valence-electron chi connectivity index (χ4n) is 11.1. The van der Waals surface area contributed by atoms with Crippen LogP contribution in [0.25, 0.3) is 0 Å². The molecule has 3 fully saturated rings. The summed E-state index contributed by atoms with van der Waals surface area (Å²) < 4.78 is 6.12. The first-order valence-corrected chi connectivity index (χ1v) is 20.9. The van der Waals surface area contributed by atoms with Crippen molar-refractivity contribution in [2.24, 2.45) is 46.3 Å². The summed E-state index contributed by atoms with van der Waals surface area (Å²) in [5.74, 6) is 5.30. The molecular formula is C45H76O2. The van der Waals surface area contributed by atoms with Crippen molar-refractivity contribution >= 4 is 5.97 Å². The number of esters is 1. The summed E-state index contributed by atoms with van der Waals surface area (Å²) in [6.07, 6.45) is 40.5. The molecule has 4 rings (SSSR count). The van der Waals surface area contributed by atoms with E-state index in [0.717, 1.165) is 67.6 Å². The Bertz CT molecular complexity index is 1020. The van der Waals surface area contributed by atoms with Crippen LogP contribution in [0.3, 0.4) is 0 Å². The Morgan fingerprint density at radius 1 is 0.830 bits per heavy atom. The molecule has 0 aromatic carbocycles. The van der Waals surface area contributed by atoms with E-state index >= 15 is 0 Å². The van der Waals surface area contributed by atoms with E-state index in [1.807, 2.05) is 0 Å². The number of unbranched alkanes of at least 4 members (excludes halogenated alkanes) is 8. The molecule has 0 radical (unpaired) electrons. The zero-order valence-corrected chi connectivity index (χ0v) is 32.0. The largest absolute Gasteiger partial charge is 0.462 e. The molecule has 0 aromatic heterocycles. The normalized spacial score (nSPS) is 32.7. The number of carbonyl (C=O) groups excluding carboxylic acids is 1. The number of allylic oxidation sites excluding steroid dienone is 5. The standard InChI is InChI=1S/C45H76O2/c1-7-8-9-10-11-12-13-14-15-16-17-18-19-20-21-25-43(46)47-38-30-32-44(5)37(34-38)26-27-39-41-29-28-40(36(4)24-22-23-35(2)3)45(41,6)33-31-42(39)44/h11-12,14-15,26,35-36,38-42H,7-10,13,16-25,27-34H2,1-6H3/t36?,38?,39?,40?,41?,42?,44-,45+/m0/s1. The van der Waals surface area contributed by atoms with Crippen LogP contribution in [0.4, 0.5) is 0 Å². The molecule has 3 saturated carbocycles. The highest BCUT2D eigenvalue weighted by Gasteiger charge is 2.59. The van der Waals surface area contributed by atoms with Crippen LogP contribution in [-0.2, 0) is 9.53 Å². The van der Waals surface area contributed by atoms with Crippen LogP contribution in [0.5, 0.6) is 0 Å². The monoisotopic (exact) mass is 649 g/mol. The van der Waals surface area contributed by atoms with Gasteiger partial charge in [-0.1, -0.05) is 129 Å². The Morgan fingerprint density at radius 3 is 2.30 bits per heavy atom. The second kappa shape index (κ2) is 19.2. The third-order valence-electron chi connectivity index (χ3n) is 13.9. The molecule has 0 N–H and O–H groups in total. The van der Waals surface area contributed by atoms with Crippen LogP contribution in [0, 0.1) is 46.3 Å². The predicted molar refractivity (Wildman–Crippen MR) is 202 cm³/mol. The molecule has 0 spiro atoms. The molecule has 4 aliphatic carbocycles. The Labute approximate surface area is 292 Å². The third-order valence-corrected chi connectivity index (χ3v) is 13.9. The number of fused-ring (bicyclic) bond motifs is 5. The van der Waals surface area contributed by atoms with Gasteiger partial charge in [0.05, 0.1) is 0 Å². The quantitative estimate of drug-likeness (QED) is 0.0746. The Balaban J connectivity index is 1.13. The lowest BCUT2D eigenvalue weighted by Gasteiger charge is -2.58. The number of hydrogen-bond donors (Lipinski definition) is 0. The fraction of sp³-hybridized carbons (Fsp3) is 0.844. The van der Waals surface area contributed by atoms with Crippen molar-refractivity contribution in [1.82, 2.24) is 0 Å². The summed E-state index contributed by atoms with van der Waals surface area (Å²) in [5, 5.41) is 0.